The number of alkyl halides is 1. The number of hydrogen-bond donors (Lipinski definition) is 3. The monoisotopic (exact) mass is 629 g/mol. The minimum atomic E-state index is -0.971. The number of terminal acetylenes is 1. The maximum absolute atomic E-state index is 16.8. The second-order valence-corrected chi connectivity index (χ2v) is 13.0. The van der Waals surface area contributed by atoms with Crippen LogP contribution in [0.15, 0.2) is 36.4 Å². The highest BCUT2D eigenvalue weighted by Crippen LogP contribution is 2.41. The maximum Gasteiger partial charge on any atom is 0.319 e. The van der Waals surface area contributed by atoms with Crippen molar-refractivity contribution in [1.29, 1.82) is 0 Å². The fourth-order valence-corrected chi connectivity index (χ4v) is 7.54. The first-order valence-electron chi connectivity index (χ1n) is 16.2. The lowest BCUT2D eigenvalue weighted by atomic mass is 9.86. The van der Waals surface area contributed by atoms with Gasteiger partial charge in [-0.05, 0) is 99.2 Å². The molecule has 3 aromatic carbocycles. The van der Waals surface area contributed by atoms with Gasteiger partial charge in [-0.2, -0.15) is 9.97 Å². The van der Waals surface area contributed by atoms with Gasteiger partial charge >= 0.3 is 6.01 Å². The van der Waals surface area contributed by atoms with E-state index in [4.69, 9.17) is 16.1 Å². The predicted molar refractivity (Wildman–Crippen MR) is 174 cm³/mol. The number of aromatic nitrogens is 2. The van der Waals surface area contributed by atoms with Crippen molar-refractivity contribution in [2.75, 3.05) is 44.2 Å². The largest absolute Gasteiger partial charge is 0.508 e. The number of phenolic OH excluding ortho intramolecular Hbond substituents is 1. The Labute approximate surface area is 266 Å². The van der Waals surface area contributed by atoms with E-state index in [1.165, 1.54) is 24.3 Å². The molecule has 1 aromatic heterocycles. The van der Waals surface area contributed by atoms with Crippen molar-refractivity contribution in [3.05, 3.63) is 53.6 Å². The number of fused-ring (bicyclic) bond motifs is 2. The summed E-state index contributed by atoms with van der Waals surface area (Å²) in [6.07, 6.45) is 11.0. The van der Waals surface area contributed by atoms with Crippen molar-refractivity contribution in [1.82, 2.24) is 20.6 Å². The van der Waals surface area contributed by atoms with E-state index in [2.05, 4.69) is 26.4 Å². The highest BCUT2D eigenvalue weighted by atomic mass is 19.1. The lowest BCUT2D eigenvalue weighted by molar-refractivity contribution is 0.166. The summed E-state index contributed by atoms with van der Waals surface area (Å²) in [5, 5.41) is 18.7. The molecule has 3 saturated heterocycles. The first-order valence-corrected chi connectivity index (χ1v) is 16.2. The standard InChI is InChI=1S/C36H38F3N5O2/c1-2-26-30(38)9-6-23-18-25(45)19-29(31(23)26)27-7-8-28-33(32(27)39)42-35(46-21-22-5-3-13-40-20-24(37)17-22)43-34(28)44-15-11-36(12-16-44)10-4-14-41-36/h1,6-9,18-19,22,24,40-41,45H,3-5,10-17,20-21H2/t22-,24-/m1/s1. The maximum atomic E-state index is 16.8. The van der Waals surface area contributed by atoms with Crippen molar-refractivity contribution < 1.29 is 23.0 Å². The van der Waals surface area contributed by atoms with Crippen LogP contribution in [0.5, 0.6) is 11.8 Å². The highest BCUT2D eigenvalue weighted by molar-refractivity contribution is 6.04. The van der Waals surface area contributed by atoms with Crippen LogP contribution in [0.4, 0.5) is 19.0 Å². The van der Waals surface area contributed by atoms with Crippen LogP contribution >= 0.6 is 0 Å². The number of piperidine rings is 1. The summed E-state index contributed by atoms with van der Waals surface area (Å²) in [5.41, 5.74) is 0.549. The van der Waals surface area contributed by atoms with Crippen LogP contribution in [0, 0.1) is 29.9 Å². The molecule has 7 nitrogen and oxygen atoms in total. The zero-order valence-electron chi connectivity index (χ0n) is 25.7. The van der Waals surface area contributed by atoms with Gasteiger partial charge in [-0.3, -0.25) is 0 Å². The predicted octanol–water partition coefficient (Wildman–Crippen LogP) is 6.24. The molecular weight excluding hydrogens is 591 g/mol. The third kappa shape index (κ3) is 5.82. The van der Waals surface area contributed by atoms with Crippen LogP contribution in [0.3, 0.4) is 0 Å². The Kier molecular flexibility index (Phi) is 8.38. The molecule has 240 valence electrons. The van der Waals surface area contributed by atoms with Crippen LogP contribution < -0.4 is 20.3 Å². The third-order valence-electron chi connectivity index (χ3n) is 9.97. The molecule has 0 aliphatic carbocycles. The summed E-state index contributed by atoms with van der Waals surface area (Å²) in [4.78, 5) is 11.5. The molecule has 3 aliphatic rings. The zero-order chi connectivity index (χ0) is 31.8. The summed E-state index contributed by atoms with van der Waals surface area (Å²) in [7, 11) is 0. The van der Waals surface area contributed by atoms with E-state index in [1.54, 1.807) is 12.1 Å². The number of benzene rings is 3. The molecule has 3 fully saturated rings. The van der Waals surface area contributed by atoms with Gasteiger partial charge in [0.25, 0.3) is 0 Å². The number of nitrogens with zero attached hydrogens (tertiary/aromatic N) is 3. The number of hydrogen-bond acceptors (Lipinski definition) is 7. The Morgan fingerprint density at radius 2 is 1.89 bits per heavy atom. The number of anilines is 1. The normalized spacial score (nSPS) is 21.7. The fraction of sp³-hybridized carbons (Fsp3) is 0.444. The average molecular weight is 630 g/mol. The topological polar surface area (TPSA) is 82.5 Å². The molecule has 0 bridgehead atoms. The molecule has 0 unspecified atom stereocenters. The number of aromatic hydroxyl groups is 1. The molecule has 0 amide bonds. The summed E-state index contributed by atoms with van der Waals surface area (Å²) in [6.45, 7) is 3.80. The summed E-state index contributed by atoms with van der Waals surface area (Å²) < 4.78 is 52.2. The first kappa shape index (κ1) is 30.6. The Hall–Kier alpha value is -4.07. The van der Waals surface area contributed by atoms with E-state index >= 15 is 4.39 Å². The van der Waals surface area contributed by atoms with Crippen LogP contribution in [-0.2, 0) is 0 Å². The van der Waals surface area contributed by atoms with Gasteiger partial charge in [0.05, 0.1) is 12.2 Å². The lowest BCUT2D eigenvalue weighted by Gasteiger charge is -2.40. The van der Waals surface area contributed by atoms with Crippen LogP contribution in [0.25, 0.3) is 32.8 Å². The Morgan fingerprint density at radius 1 is 1.04 bits per heavy atom. The van der Waals surface area contributed by atoms with Gasteiger partial charge in [0.2, 0.25) is 0 Å². The number of halogens is 3. The smallest absolute Gasteiger partial charge is 0.319 e. The molecule has 0 saturated carbocycles. The zero-order valence-corrected chi connectivity index (χ0v) is 25.7. The van der Waals surface area contributed by atoms with E-state index in [0.29, 0.717) is 34.9 Å². The SMILES string of the molecule is C#Cc1c(F)ccc2cc(O)cc(-c3ccc4c(N5CCC6(CCCN6)CC5)nc(OC[C@@H]5CCCNC[C@H](F)C5)nc4c3F)c12. The lowest BCUT2D eigenvalue weighted by Crippen LogP contribution is -2.50. The van der Waals surface area contributed by atoms with Crippen LogP contribution in [0.1, 0.15) is 50.5 Å². The van der Waals surface area contributed by atoms with Gasteiger partial charge in [0.1, 0.15) is 29.1 Å². The molecule has 4 heterocycles. The minimum Gasteiger partial charge on any atom is -0.508 e. The van der Waals surface area contributed by atoms with Gasteiger partial charge in [-0.15, -0.1) is 6.42 Å². The Bertz CT molecular complexity index is 1810. The molecule has 2 atom stereocenters. The highest BCUT2D eigenvalue weighted by Gasteiger charge is 2.37. The van der Waals surface area contributed by atoms with E-state index in [9.17, 15) is 13.9 Å². The number of rotatable bonds is 5. The molecule has 46 heavy (non-hydrogen) atoms. The second kappa shape index (κ2) is 12.6. The minimum absolute atomic E-state index is 0.0114. The third-order valence-corrected chi connectivity index (χ3v) is 9.97. The van der Waals surface area contributed by atoms with Gasteiger partial charge in [0.15, 0.2) is 5.82 Å². The number of phenols is 1. The van der Waals surface area contributed by atoms with E-state index in [0.717, 1.165) is 64.7 Å². The molecule has 0 radical (unpaired) electrons. The van der Waals surface area contributed by atoms with Gasteiger partial charge in [0, 0.05) is 41.5 Å². The first-order chi connectivity index (χ1) is 22.3. The summed E-state index contributed by atoms with van der Waals surface area (Å²) in [6, 6.07) is 9.02. The number of ether oxygens (including phenoxy) is 1. The quantitative estimate of drug-likeness (QED) is 0.226. The summed E-state index contributed by atoms with van der Waals surface area (Å²) >= 11 is 0. The number of nitrogens with one attached hydrogen (secondary N) is 2. The Morgan fingerprint density at radius 3 is 2.67 bits per heavy atom. The Balaban J connectivity index is 1.32. The van der Waals surface area contributed by atoms with Crippen molar-refractivity contribution in [3.63, 3.8) is 0 Å². The summed E-state index contributed by atoms with van der Waals surface area (Å²) in [5.74, 6) is 1.60. The second-order valence-electron chi connectivity index (χ2n) is 13.0. The molecule has 3 N–H and O–H groups in total. The molecule has 7 rings (SSSR count). The molecular formula is C36H38F3N5O2. The van der Waals surface area contributed by atoms with Crippen molar-refractivity contribution >= 4 is 27.5 Å². The molecule has 3 aliphatic heterocycles. The molecule has 1 spiro atoms. The van der Waals surface area contributed by atoms with E-state index in [1.807, 2.05) is 0 Å². The van der Waals surface area contributed by atoms with Gasteiger partial charge < -0.3 is 25.4 Å². The van der Waals surface area contributed by atoms with Crippen molar-refractivity contribution in [2.45, 2.75) is 56.7 Å². The van der Waals surface area contributed by atoms with E-state index < -0.39 is 17.8 Å². The van der Waals surface area contributed by atoms with Crippen molar-refractivity contribution in [3.8, 4) is 35.2 Å². The van der Waals surface area contributed by atoms with Crippen LogP contribution in [-0.4, -0.2) is 66.1 Å². The van der Waals surface area contributed by atoms with E-state index in [-0.39, 0.29) is 52.0 Å². The fourth-order valence-electron chi connectivity index (χ4n) is 7.54. The average Bonchev–Trinajstić information content (AvgIpc) is 3.50. The van der Waals surface area contributed by atoms with Gasteiger partial charge in [-0.25, -0.2) is 13.2 Å². The molecule has 10 heteroatoms. The van der Waals surface area contributed by atoms with Crippen LogP contribution in [0.2, 0.25) is 0 Å². The van der Waals surface area contributed by atoms with Crippen molar-refractivity contribution in [2.24, 2.45) is 5.92 Å². The van der Waals surface area contributed by atoms with Gasteiger partial charge in [-0.1, -0.05) is 18.1 Å². The molecule has 4 aromatic rings.